The Morgan fingerprint density at radius 1 is 0.889 bits per heavy atom. The molecule has 0 aliphatic heterocycles. The van der Waals surface area contributed by atoms with Gasteiger partial charge in [0.05, 0.1) is 13.5 Å². The van der Waals surface area contributed by atoms with Crippen LogP contribution in [0.1, 0.15) is 95.9 Å². The summed E-state index contributed by atoms with van der Waals surface area (Å²) in [6.45, 7) is 13.3. The summed E-state index contributed by atoms with van der Waals surface area (Å²) in [6, 6.07) is 14.1. The fourth-order valence-corrected chi connectivity index (χ4v) is 5.43. The van der Waals surface area contributed by atoms with Gasteiger partial charge in [-0.05, 0) is 34.8 Å². The van der Waals surface area contributed by atoms with E-state index in [0.717, 1.165) is 47.3 Å². The average Bonchev–Trinajstić information content (AvgIpc) is 2.81. The van der Waals surface area contributed by atoms with Gasteiger partial charge in [0.1, 0.15) is 11.3 Å². The molecule has 2 aromatic carbocycles. The van der Waals surface area contributed by atoms with Crippen molar-refractivity contribution in [1.82, 2.24) is 4.90 Å². The SMILES string of the molecule is COc1c(C(C)(C)C)cc(CC(=O)N(Cc2ccccc2)C2(C(N)=O)CCCCC2)cc1C(C)(C)C. The molecular formula is C31H44N2O3. The average molecular weight is 493 g/mol. The summed E-state index contributed by atoms with van der Waals surface area (Å²) in [4.78, 5) is 28.8. The molecule has 0 bridgehead atoms. The van der Waals surface area contributed by atoms with Crippen LogP contribution in [0.4, 0.5) is 0 Å². The van der Waals surface area contributed by atoms with Gasteiger partial charge in [-0.25, -0.2) is 0 Å². The van der Waals surface area contributed by atoms with Gasteiger partial charge in [0, 0.05) is 17.7 Å². The molecule has 1 aliphatic rings. The van der Waals surface area contributed by atoms with Gasteiger partial charge in [0.15, 0.2) is 0 Å². The molecule has 1 saturated carbocycles. The summed E-state index contributed by atoms with van der Waals surface area (Å²) in [5.74, 6) is 0.421. The maximum atomic E-state index is 14.1. The van der Waals surface area contributed by atoms with Gasteiger partial charge < -0.3 is 15.4 Å². The van der Waals surface area contributed by atoms with Crippen LogP contribution in [0, 0.1) is 0 Å². The molecule has 0 unspecified atom stereocenters. The van der Waals surface area contributed by atoms with E-state index in [9.17, 15) is 9.59 Å². The predicted molar refractivity (Wildman–Crippen MR) is 146 cm³/mol. The van der Waals surface area contributed by atoms with Gasteiger partial charge in [-0.1, -0.05) is 103 Å². The van der Waals surface area contributed by atoms with E-state index in [0.29, 0.717) is 19.4 Å². The third-order valence-electron chi connectivity index (χ3n) is 7.46. The van der Waals surface area contributed by atoms with E-state index < -0.39 is 11.4 Å². The van der Waals surface area contributed by atoms with Crippen molar-refractivity contribution >= 4 is 11.8 Å². The number of benzene rings is 2. The van der Waals surface area contributed by atoms with Crippen molar-refractivity contribution in [2.24, 2.45) is 5.73 Å². The van der Waals surface area contributed by atoms with Crippen molar-refractivity contribution < 1.29 is 14.3 Å². The second kappa shape index (κ2) is 10.7. The molecule has 2 amide bonds. The van der Waals surface area contributed by atoms with Crippen LogP contribution in [0.3, 0.4) is 0 Å². The van der Waals surface area contributed by atoms with Gasteiger partial charge in [-0.2, -0.15) is 0 Å². The van der Waals surface area contributed by atoms with Crippen LogP contribution in [-0.4, -0.2) is 29.4 Å². The first-order valence-corrected chi connectivity index (χ1v) is 13.2. The molecule has 2 aromatic rings. The van der Waals surface area contributed by atoms with E-state index >= 15 is 0 Å². The fraction of sp³-hybridized carbons (Fsp3) is 0.548. The van der Waals surface area contributed by atoms with Gasteiger partial charge in [0.25, 0.3) is 0 Å². The summed E-state index contributed by atoms with van der Waals surface area (Å²) in [6.07, 6.45) is 4.29. The summed E-state index contributed by atoms with van der Waals surface area (Å²) in [5, 5.41) is 0. The van der Waals surface area contributed by atoms with Crippen molar-refractivity contribution in [2.75, 3.05) is 7.11 Å². The molecule has 0 heterocycles. The Bertz CT molecular complexity index is 1040. The van der Waals surface area contributed by atoms with E-state index in [4.69, 9.17) is 10.5 Å². The summed E-state index contributed by atoms with van der Waals surface area (Å²) in [7, 11) is 1.71. The molecule has 0 spiro atoms. The first-order chi connectivity index (χ1) is 16.8. The fourth-order valence-electron chi connectivity index (χ4n) is 5.43. The lowest BCUT2D eigenvalue weighted by Gasteiger charge is -2.44. The number of nitrogens with zero attached hydrogens (tertiary/aromatic N) is 1. The number of amides is 2. The predicted octanol–water partition coefficient (Wildman–Crippen LogP) is 6.05. The zero-order valence-corrected chi connectivity index (χ0v) is 23.2. The van der Waals surface area contributed by atoms with Crippen LogP contribution in [0.5, 0.6) is 5.75 Å². The smallest absolute Gasteiger partial charge is 0.243 e. The van der Waals surface area contributed by atoms with Crippen LogP contribution in [0.2, 0.25) is 0 Å². The quantitative estimate of drug-likeness (QED) is 0.511. The topological polar surface area (TPSA) is 72.6 Å². The van der Waals surface area contributed by atoms with Crippen molar-refractivity contribution in [3.63, 3.8) is 0 Å². The minimum absolute atomic E-state index is 0.0653. The Morgan fingerprint density at radius 3 is 1.86 bits per heavy atom. The molecular weight excluding hydrogens is 448 g/mol. The molecule has 0 atom stereocenters. The second-order valence-corrected chi connectivity index (χ2v) is 12.3. The first-order valence-electron chi connectivity index (χ1n) is 13.2. The molecule has 196 valence electrons. The number of carbonyl (C=O) groups is 2. The number of carbonyl (C=O) groups excluding carboxylic acids is 2. The maximum Gasteiger partial charge on any atom is 0.243 e. The van der Waals surface area contributed by atoms with E-state index in [1.54, 1.807) is 12.0 Å². The number of hydrogen-bond donors (Lipinski definition) is 1. The highest BCUT2D eigenvalue weighted by Crippen LogP contribution is 2.41. The zero-order chi connectivity index (χ0) is 26.7. The van der Waals surface area contributed by atoms with Crippen molar-refractivity contribution in [2.45, 2.75) is 103 Å². The van der Waals surface area contributed by atoms with Gasteiger partial charge in [0.2, 0.25) is 11.8 Å². The number of methoxy groups -OCH3 is 1. The third-order valence-corrected chi connectivity index (χ3v) is 7.46. The highest BCUT2D eigenvalue weighted by molar-refractivity contribution is 5.91. The first kappa shape index (κ1) is 27.8. The van der Waals surface area contributed by atoms with Gasteiger partial charge in [-0.15, -0.1) is 0 Å². The van der Waals surface area contributed by atoms with E-state index in [1.165, 1.54) is 0 Å². The Morgan fingerprint density at radius 2 is 1.42 bits per heavy atom. The van der Waals surface area contributed by atoms with E-state index in [-0.39, 0.29) is 23.2 Å². The molecule has 1 fully saturated rings. The maximum absolute atomic E-state index is 14.1. The van der Waals surface area contributed by atoms with Crippen LogP contribution in [-0.2, 0) is 33.4 Å². The van der Waals surface area contributed by atoms with Gasteiger partial charge in [-0.3, -0.25) is 9.59 Å². The minimum Gasteiger partial charge on any atom is -0.496 e. The van der Waals surface area contributed by atoms with E-state index in [2.05, 4.69) is 53.7 Å². The van der Waals surface area contributed by atoms with Crippen molar-refractivity contribution in [3.8, 4) is 5.75 Å². The minimum atomic E-state index is -0.947. The number of rotatable bonds is 7. The molecule has 1 aliphatic carbocycles. The molecule has 3 rings (SSSR count). The molecule has 5 nitrogen and oxygen atoms in total. The molecule has 2 N–H and O–H groups in total. The Balaban J connectivity index is 2.08. The zero-order valence-electron chi connectivity index (χ0n) is 23.2. The lowest BCUT2D eigenvalue weighted by molar-refractivity contribution is -0.149. The van der Waals surface area contributed by atoms with E-state index in [1.807, 2.05) is 30.3 Å². The lowest BCUT2D eigenvalue weighted by atomic mass is 9.77. The lowest BCUT2D eigenvalue weighted by Crippen LogP contribution is -2.60. The Labute approximate surface area is 217 Å². The third kappa shape index (κ3) is 5.93. The van der Waals surface area contributed by atoms with Gasteiger partial charge >= 0.3 is 0 Å². The number of nitrogens with two attached hydrogens (primary N) is 1. The standard InChI is InChI=1S/C31H44N2O3/c1-29(2,3)24-18-23(19-25(27(24)36-7)30(4,5)6)20-26(34)33(21-22-14-10-8-11-15-22)31(28(32)35)16-12-9-13-17-31/h8,10-11,14-15,18-19H,9,12-13,16-17,20-21H2,1-7H3,(H2,32,35). The molecule has 0 radical (unpaired) electrons. The Hall–Kier alpha value is -2.82. The van der Waals surface area contributed by atoms with Crippen molar-refractivity contribution in [3.05, 3.63) is 64.7 Å². The largest absolute Gasteiger partial charge is 0.496 e. The summed E-state index contributed by atoms with van der Waals surface area (Å²) >= 11 is 0. The molecule has 0 saturated heterocycles. The molecule has 36 heavy (non-hydrogen) atoms. The number of hydrogen-bond acceptors (Lipinski definition) is 3. The van der Waals surface area contributed by atoms with Crippen LogP contribution in [0.25, 0.3) is 0 Å². The molecule has 0 aromatic heterocycles. The monoisotopic (exact) mass is 492 g/mol. The normalized spacial score (nSPS) is 15.9. The van der Waals surface area contributed by atoms with Crippen LogP contribution < -0.4 is 10.5 Å². The molecule has 5 heteroatoms. The van der Waals surface area contributed by atoms with Crippen LogP contribution >= 0.6 is 0 Å². The second-order valence-electron chi connectivity index (χ2n) is 12.3. The van der Waals surface area contributed by atoms with Crippen molar-refractivity contribution in [1.29, 1.82) is 0 Å². The van der Waals surface area contributed by atoms with Crippen LogP contribution in [0.15, 0.2) is 42.5 Å². The highest BCUT2D eigenvalue weighted by atomic mass is 16.5. The summed E-state index contributed by atoms with van der Waals surface area (Å²) < 4.78 is 5.90. The Kier molecular flexibility index (Phi) is 8.22. The number of primary amides is 1. The summed E-state index contributed by atoms with van der Waals surface area (Å²) in [5.41, 5.74) is 8.86. The number of ether oxygens (including phenoxy) is 1. The highest BCUT2D eigenvalue weighted by Gasteiger charge is 2.45.